The molecule has 4 rings (SSSR count). The van der Waals surface area contributed by atoms with E-state index in [-0.39, 0.29) is 30.7 Å². The number of carbonyl (C=O) groups is 1. The van der Waals surface area contributed by atoms with Crippen molar-refractivity contribution in [1.82, 2.24) is 35.2 Å². The van der Waals surface area contributed by atoms with Crippen LogP contribution in [0.15, 0.2) is 30.5 Å². The summed E-state index contributed by atoms with van der Waals surface area (Å²) in [5.74, 6) is 0.863. The molecule has 0 bridgehead atoms. The van der Waals surface area contributed by atoms with Crippen LogP contribution < -0.4 is 10.6 Å². The molecule has 3 heterocycles. The number of piperidine rings is 1. The maximum Gasteiger partial charge on any atom is 0.273 e. The summed E-state index contributed by atoms with van der Waals surface area (Å²) in [7, 11) is 2.03. The molecule has 29 heavy (non-hydrogen) atoms. The SMILES string of the molecule is Cl.Cl.Cn1c(CCCNC(=O)c2cn(C3CCNCC3)nn2)nc2ccccc21. The van der Waals surface area contributed by atoms with Gasteiger partial charge in [0.25, 0.3) is 5.91 Å². The second-order valence-electron chi connectivity index (χ2n) is 7.00. The van der Waals surface area contributed by atoms with Crippen LogP contribution in [0.25, 0.3) is 11.0 Å². The number of nitrogens with zero attached hydrogens (tertiary/aromatic N) is 5. The number of aromatic nitrogens is 5. The van der Waals surface area contributed by atoms with Crippen molar-refractivity contribution in [2.75, 3.05) is 19.6 Å². The van der Waals surface area contributed by atoms with Gasteiger partial charge in [0.15, 0.2) is 5.69 Å². The highest BCUT2D eigenvalue weighted by molar-refractivity contribution is 5.91. The lowest BCUT2D eigenvalue weighted by Crippen LogP contribution is -2.29. The predicted octanol–water partition coefficient (Wildman–Crippen LogP) is 2.30. The fraction of sp³-hybridized carbons (Fsp3) is 0.474. The van der Waals surface area contributed by atoms with Gasteiger partial charge in [0, 0.05) is 20.0 Å². The summed E-state index contributed by atoms with van der Waals surface area (Å²) in [5, 5.41) is 14.4. The lowest BCUT2D eigenvalue weighted by molar-refractivity contribution is 0.0948. The fourth-order valence-electron chi connectivity index (χ4n) is 3.59. The Morgan fingerprint density at radius 1 is 1.24 bits per heavy atom. The second kappa shape index (κ2) is 10.6. The zero-order valence-electron chi connectivity index (χ0n) is 16.4. The van der Waals surface area contributed by atoms with Gasteiger partial charge in [-0.25, -0.2) is 9.67 Å². The first-order valence-electron chi connectivity index (χ1n) is 9.53. The van der Waals surface area contributed by atoms with Gasteiger partial charge in [0.2, 0.25) is 0 Å². The monoisotopic (exact) mass is 439 g/mol. The molecule has 2 N–H and O–H groups in total. The molecule has 0 atom stereocenters. The summed E-state index contributed by atoms with van der Waals surface area (Å²) in [5.41, 5.74) is 2.52. The van der Waals surface area contributed by atoms with Crippen molar-refractivity contribution in [3.8, 4) is 0 Å². The van der Waals surface area contributed by atoms with Gasteiger partial charge in [-0.1, -0.05) is 17.3 Å². The molecule has 0 unspecified atom stereocenters. The minimum Gasteiger partial charge on any atom is -0.351 e. The van der Waals surface area contributed by atoms with E-state index in [0.717, 1.165) is 55.6 Å². The number of amides is 1. The Morgan fingerprint density at radius 3 is 2.76 bits per heavy atom. The molecule has 0 spiro atoms. The van der Waals surface area contributed by atoms with Crippen LogP contribution in [0.5, 0.6) is 0 Å². The Kier molecular flexibility index (Phi) is 8.43. The molecule has 0 aliphatic carbocycles. The molecule has 1 saturated heterocycles. The minimum absolute atomic E-state index is 0. The minimum atomic E-state index is -0.166. The molecule has 158 valence electrons. The van der Waals surface area contributed by atoms with Gasteiger partial charge in [0.1, 0.15) is 5.82 Å². The molecule has 1 aromatic carbocycles. The normalized spacial score (nSPS) is 14.2. The highest BCUT2D eigenvalue weighted by atomic mass is 35.5. The van der Waals surface area contributed by atoms with Gasteiger partial charge < -0.3 is 15.2 Å². The molecule has 3 aromatic rings. The Balaban J connectivity index is 0.00000150. The molecule has 0 saturated carbocycles. The number of imidazole rings is 1. The highest BCUT2D eigenvalue weighted by Crippen LogP contribution is 2.17. The molecule has 1 fully saturated rings. The number of rotatable bonds is 6. The summed E-state index contributed by atoms with van der Waals surface area (Å²) in [6.07, 6.45) is 5.43. The highest BCUT2D eigenvalue weighted by Gasteiger charge is 2.18. The number of carbonyl (C=O) groups excluding carboxylic acids is 1. The van der Waals surface area contributed by atoms with E-state index in [0.29, 0.717) is 18.3 Å². The number of nitrogens with one attached hydrogen (secondary N) is 2. The zero-order chi connectivity index (χ0) is 18.6. The van der Waals surface area contributed by atoms with Crippen molar-refractivity contribution in [1.29, 1.82) is 0 Å². The van der Waals surface area contributed by atoms with Crippen LogP contribution in [-0.4, -0.2) is 50.1 Å². The third kappa shape index (κ3) is 5.26. The van der Waals surface area contributed by atoms with Gasteiger partial charge >= 0.3 is 0 Å². The van der Waals surface area contributed by atoms with E-state index in [1.54, 1.807) is 6.20 Å². The van der Waals surface area contributed by atoms with E-state index in [1.165, 1.54) is 0 Å². The van der Waals surface area contributed by atoms with Gasteiger partial charge in [-0.2, -0.15) is 0 Å². The van der Waals surface area contributed by atoms with E-state index in [1.807, 2.05) is 29.9 Å². The lowest BCUT2D eigenvalue weighted by Gasteiger charge is -2.22. The predicted molar refractivity (Wildman–Crippen MR) is 117 cm³/mol. The largest absolute Gasteiger partial charge is 0.351 e. The smallest absolute Gasteiger partial charge is 0.273 e. The second-order valence-corrected chi connectivity index (χ2v) is 7.00. The maximum atomic E-state index is 12.3. The van der Waals surface area contributed by atoms with Crippen LogP contribution in [0.1, 0.15) is 41.6 Å². The Labute approximate surface area is 182 Å². The average molecular weight is 440 g/mol. The van der Waals surface area contributed by atoms with Crippen molar-refractivity contribution in [2.24, 2.45) is 7.05 Å². The maximum absolute atomic E-state index is 12.3. The fourth-order valence-corrected chi connectivity index (χ4v) is 3.59. The number of hydrogen-bond donors (Lipinski definition) is 2. The van der Waals surface area contributed by atoms with Crippen LogP contribution in [0, 0.1) is 0 Å². The van der Waals surface area contributed by atoms with Crippen molar-refractivity contribution >= 4 is 41.8 Å². The number of aryl methyl sites for hydroxylation is 2. The third-order valence-electron chi connectivity index (χ3n) is 5.17. The van der Waals surface area contributed by atoms with Crippen molar-refractivity contribution in [2.45, 2.75) is 31.7 Å². The van der Waals surface area contributed by atoms with E-state index in [4.69, 9.17) is 0 Å². The van der Waals surface area contributed by atoms with Gasteiger partial charge in [0.05, 0.1) is 23.3 Å². The molecular formula is C19H27Cl2N7O. The molecule has 10 heteroatoms. The molecule has 1 aliphatic rings. The standard InChI is InChI=1S/C19H25N7O.2ClH/c1-25-17-6-3-2-5-15(17)22-18(25)7-4-10-21-19(27)16-13-26(24-23-16)14-8-11-20-12-9-14;;/h2-3,5-6,13-14,20H,4,7-12H2,1H3,(H,21,27);2*1H. The number of halogens is 2. The summed E-state index contributed by atoms with van der Waals surface area (Å²) in [4.78, 5) is 17.0. The van der Waals surface area contributed by atoms with Crippen LogP contribution in [0.4, 0.5) is 0 Å². The summed E-state index contributed by atoms with van der Waals surface area (Å²) < 4.78 is 3.94. The Bertz CT molecular complexity index is 934. The first kappa shape index (κ1) is 23.1. The summed E-state index contributed by atoms with van der Waals surface area (Å²) in [6, 6.07) is 8.44. The van der Waals surface area contributed by atoms with Crippen molar-refractivity contribution in [3.05, 3.63) is 42.0 Å². The summed E-state index contributed by atoms with van der Waals surface area (Å²) >= 11 is 0. The molecule has 2 aromatic heterocycles. The van der Waals surface area contributed by atoms with E-state index in [2.05, 4.69) is 36.6 Å². The zero-order valence-corrected chi connectivity index (χ0v) is 18.0. The van der Waals surface area contributed by atoms with Gasteiger partial charge in [-0.15, -0.1) is 29.9 Å². The van der Waals surface area contributed by atoms with E-state index in [9.17, 15) is 4.79 Å². The van der Waals surface area contributed by atoms with Gasteiger partial charge in [-0.3, -0.25) is 4.79 Å². The first-order chi connectivity index (χ1) is 13.2. The topological polar surface area (TPSA) is 89.7 Å². The van der Waals surface area contributed by atoms with Crippen LogP contribution >= 0.6 is 24.8 Å². The van der Waals surface area contributed by atoms with Crippen LogP contribution in [0.2, 0.25) is 0 Å². The molecule has 1 aliphatic heterocycles. The number of fused-ring (bicyclic) bond motifs is 1. The first-order valence-corrected chi connectivity index (χ1v) is 9.53. The van der Waals surface area contributed by atoms with E-state index >= 15 is 0 Å². The average Bonchev–Trinajstić information content (AvgIpc) is 3.32. The number of para-hydroxylation sites is 2. The van der Waals surface area contributed by atoms with Crippen LogP contribution in [-0.2, 0) is 13.5 Å². The Morgan fingerprint density at radius 2 is 2.00 bits per heavy atom. The summed E-state index contributed by atoms with van der Waals surface area (Å²) in [6.45, 7) is 2.55. The Hall–Kier alpha value is -2.16. The molecule has 0 radical (unpaired) electrons. The van der Waals surface area contributed by atoms with Gasteiger partial charge in [-0.05, 0) is 44.5 Å². The van der Waals surface area contributed by atoms with Crippen molar-refractivity contribution < 1.29 is 4.79 Å². The molecular weight excluding hydrogens is 413 g/mol. The number of hydrogen-bond acceptors (Lipinski definition) is 5. The third-order valence-corrected chi connectivity index (χ3v) is 5.17. The van der Waals surface area contributed by atoms with Crippen LogP contribution in [0.3, 0.4) is 0 Å². The number of benzene rings is 1. The quantitative estimate of drug-likeness (QED) is 0.575. The molecule has 1 amide bonds. The van der Waals surface area contributed by atoms with E-state index < -0.39 is 0 Å². The lowest BCUT2D eigenvalue weighted by atomic mass is 10.1. The van der Waals surface area contributed by atoms with Crippen molar-refractivity contribution in [3.63, 3.8) is 0 Å². The molecule has 8 nitrogen and oxygen atoms in total.